The monoisotopic (exact) mass is 297 g/mol. The maximum atomic E-state index is 6.26. The second-order valence-corrected chi connectivity index (χ2v) is 5.84. The fourth-order valence-corrected chi connectivity index (χ4v) is 2.55. The Kier molecular flexibility index (Phi) is 6.07. The molecule has 1 aromatic rings. The number of hydrogen-bond acceptors (Lipinski definition) is 4. The molecule has 1 aliphatic rings. The van der Waals surface area contributed by atoms with Crippen LogP contribution < -0.4 is 10.1 Å². The van der Waals surface area contributed by atoms with Crippen LogP contribution in [0.4, 0.5) is 0 Å². The highest BCUT2D eigenvalue weighted by Crippen LogP contribution is 2.25. The van der Waals surface area contributed by atoms with Crippen LogP contribution in [0.1, 0.15) is 31.7 Å². The minimum absolute atomic E-state index is 0.236. The molecular formula is C15H24ClN3O. The zero-order valence-electron chi connectivity index (χ0n) is 12.4. The predicted octanol–water partition coefficient (Wildman–Crippen LogP) is 2.71. The third-order valence-electron chi connectivity index (χ3n) is 3.56. The minimum Gasteiger partial charge on any atom is -0.473 e. The van der Waals surface area contributed by atoms with Gasteiger partial charge in [0, 0.05) is 25.8 Å². The van der Waals surface area contributed by atoms with Gasteiger partial charge in [0.1, 0.15) is 11.1 Å². The number of hydrogen-bond donors (Lipinski definition) is 1. The van der Waals surface area contributed by atoms with Crippen molar-refractivity contribution in [3.05, 3.63) is 22.8 Å². The number of aromatic nitrogens is 1. The number of rotatable bonds is 6. The number of nitrogens with one attached hydrogen (secondary N) is 1. The van der Waals surface area contributed by atoms with Crippen molar-refractivity contribution < 1.29 is 4.74 Å². The third-order valence-corrected chi connectivity index (χ3v) is 3.83. The van der Waals surface area contributed by atoms with Crippen LogP contribution in [0.3, 0.4) is 0 Å². The molecule has 0 aromatic carbocycles. The Morgan fingerprint density at radius 3 is 2.85 bits per heavy atom. The molecule has 0 bridgehead atoms. The molecule has 112 valence electrons. The molecule has 1 aromatic heterocycles. The Morgan fingerprint density at radius 2 is 2.20 bits per heavy atom. The van der Waals surface area contributed by atoms with E-state index in [1.165, 1.54) is 0 Å². The van der Waals surface area contributed by atoms with Gasteiger partial charge in [-0.3, -0.25) is 0 Å². The average Bonchev–Trinajstić information content (AvgIpc) is 2.44. The van der Waals surface area contributed by atoms with Crippen LogP contribution in [0.5, 0.6) is 5.88 Å². The third kappa shape index (κ3) is 4.62. The maximum absolute atomic E-state index is 6.26. The van der Waals surface area contributed by atoms with E-state index < -0.39 is 0 Å². The van der Waals surface area contributed by atoms with Gasteiger partial charge in [-0.15, -0.1) is 0 Å². The van der Waals surface area contributed by atoms with E-state index in [9.17, 15) is 0 Å². The molecule has 1 N–H and O–H groups in total. The van der Waals surface area contributed by atoms with E-state index in [0.29, 0.717) is 10.9 Å². The fourth-order valence-electron chi connectivity index (χ4n) is 2.32. The largest absolute Gasteiger partial charge is 0.473 e. The molecule has 1 fully saturated rings. The molecular weight excluding hydrogens is 274 g/mol. The molecule has 0 atom stereocenters. The summed E-state index contributed by atoms with van der Waals surface area (Å²) >= 11 is 6.26. The van der Waals surface area contributed by atoms with Crippen molar-refractivity contribution in [2.75, 3.05) is 26.7 Å². The molecule has 0 saturated carbocycles. The Balaban J connectivity index is 1.88. The summed E-state index contributed by atoms with van der Waals surface area (Å²) in [5.74, 6) is 0.570. The molecule has 0 aliphatic carbocycles. The van der Waals surface area contributed by atoms with Crippen molar-refractivity contribution in [2.24, 2.45) is 0 Å². The first kappa shape index (κ1) is 15.5. The SMILES string of the molecule is CCCNCc1cnc(OC2CCN(C)CC2)c(Cl)c1. The summed E-state index contributed by atoms with van der Waals surface area (Å²) in [6, 6.07) is 1.95. The summed E-state index contributed by atoms with van der Waals surface area (Å²) in [6.07, 6.45) is 5.28. The Morgan fingerprint density at radius 1 is 1.45 bits per heavy atom. The number of ether oxygens (including phenoxy) is 1. The molecule has 2 rings (SSSR count). The van der Waals surface area contributed by atoms with Crippen molar-refractivity contribution in [2.45, 2.75) is 38.8 Å². The highest BCUT2D eigenvalue weighted by atomic mass is 35.5. The molecule has 0 amide bonds. The number of pyridine rings is 1. The lowest BCUT2D eigenvalue weighted by molar-refractivity contribution is 0.110. The van der Waals surface area contributed by atoms with Gasteiger partial charge in [0.25, 0.3) is 0 Å². The second-order valence-electron chi connectivity index (χ2n) is 5.43. The van der Waals surface area contributed by atoms with Crippen LogP contribution in [0, 0.1) is 0 Å². The van der Waals surface area contributed by atoms with Crippen molar-refractivity contribution in [3.8, 4) is 5.88 Å². The topological polar surface area (TPSA) is 37.4 Å². The summed E-state index contributed by atoms with van der Waals surface area (Å²) in [4.78, 5) is 6.68. The summed E-state index contributed by atoms with van der Waals surface area (Å²) < 4.78 is 5.92. The van der Waals surface area contributed by atoms with Gasteiger partial charge < -0.3 is 15.0 Å². The van der Waals surface area contributed by atoms with Gasteiger partial charge in [-0.05, 0) is 44.5 Å². The van der Waals surface area contributed by atoms with Gasteiger partial charge in [0.15, 0.2) is 0 Å². The standard InChI is InChI=1S/C15H24ClN3O/c1-3-6-17-10-12-9-14(16)15(18-11-12)20-13-4-7-19(2)8-5-13/h9,11,13,17H,3-8,10H2,1-2H3. The zero-order valence-corrected chi connectivity index (χ0v) is 13.1. The number of nitrogens with zero attached hydrogens (tertiary/aromatic N) is 2. The van der Waals surface area contributed by atoms with E-state index in [1.807, 2.05) is 12.3 Å². The lowest BCUT2D eigenvalue weighted by Gasteiger charge is -2.29. The van der Waals surface area contributed by atoms with Crippen molar-refractivity contribution in [1.29, 1.82) is 0 Å². The first-order chi connectivity index (χ1) is 9.69. The maximum Gasteiger partial charge on any atom is 0.232 e. The van der Waals surface area contributed by atoms with Crippen molar-refractivity contribution >= 4 is 11.6 Å². The van der Waals surface area contributed by atoms with Gasteiger partial charge >= 0.3 is 0 Å². The molecule has 1 aliphatic heterocycles. The second kappa shape index (κ2) is 7.81. The molecule has 0 unspecified atom stereocenters. The summed E-state index contributed by atoms with van der Waals surface area (Å²) in [7, 11) is 2.14. The van der Waals surface area contributed by atoms with E-state index in [0.717, 1.165) is 51.0 Å². The summed E-state index contributed by atoms with van der Waals surface area (Å²) in [6.45, 7) is 6.10. The Labute approximate surface area is 126 Å². The van der Waals surface area contributed by atoms with Crippen LogP contribution in [0.25, 0.3) is 0 Å². The highest BCUT2D eigenvalue weighted by Gasteiger charge is 2.19. The Hall–Kier alpha value is -0.840. The molecule has 1 saturated heterocycles. The van der Waals surface area contributed by atoms with Gasteiger partial charge in [-0.2, -0.15) is 0 Å². The van der Waals surface area contributed by atoms with E-state index in [2.05, 4.69) is 29.2 Å². The first-order valence-electron chi connectivity index (χ1n) is 7.39. The van der Waals surface area contributed by atoms with E-state index in [1.54, 1.807) is 0 Å². The molecule has 20 heavy (non-hydrogen) atoms. The van der Waals surface area contributed by atoms with Gasteiger partial charge in [0.2, 0.25) is 5.88 Å². The normalized spacial score (nSPS) is 17.4. The van der Waals surface area contributed by atoms with Gasteiger partial charge in [-0.25, -0.2) is 4.98 Å². The average molecular weight is 298 g/mol. The Bertz CT molecular complexity index is 420. The quantitative estimate of drug-likeness (QED) is 0.819. The van der Waals surface area contributed by atoms with Crippen LogP contribution in [0.15, 0.2) is 12.3 Å². The lowest BCUT2D eigenvalue weighted by Crippen LogP contribution is -2.35. The van der Waals surface area contributed by atoms with Gasteiger partial charge in [0.05, 0.1) is 0 Å². The molecule has 5 heteroatoms. The number of halogens is 1. The highest BCUT2D eigenvalue weighted by molar-refractivity contribution is 6.31. The van der Waals surface area contributed by atoms with Crippen molar-refractivity contribution in [3.63, 3.8) is 0 Å². The van der Waals surface area contributed by atoms with Crippen molar-refractivity contribution in [1.82, 2.24) is 15.2 Å². The summed E-state index contributed by atoms with van der Waals surface area (Å²) in [5.41, 5.74) is 1.10. The predicted molar refractivity (Wildman–Crippen MR) is 82.4 cm³/mol. The van der Waals surface area contributed by atoms with E-state index >= 15 is 0 Å². The molecule has 0 spiro atoms. The van der Waals surface area contributed by atoms with E-state index in [4.69, 9.17) is 16.3 Å². The summed E-state index contributed by atoms with van der Waals surface area (Å²) in [5, 5.41) is 3.95. The molecule has 0 radical (unpaired) electrons. The van der Waals surface area contributed by atoms with E-state index in [-0.39, 0.29) is 6.10 Å². The molecule has 4 nitrogen and oxygen atoms in total. The minimum atomic E-state index is 0.236. The molecule has 2 heterocycles. The lowest BCUT2D eigenvalue weighted by atomic mass is 10.1. The zero-order chi connectivity index (χ0) is 14.4. The first-order valence-corrected chi connectivity index (χ1v) is 7.77. The van der Waals surface area contributed by atoms with Crippen LogP contribution >= 0.6 is 11.6 Å². The van der Waals surface area contributed by atoms with Crippen LogP contribution in [-0.4, -0.2) is 42.7 Å². The fraction of sp³-hybridized carbons (Fsp3) is 0.667. The van der Waals surface area contributed by atoms with Crippen LogP contribution in [0.2, 0.25) is 5.02 Å². The smallest absolute Gasteiger partial charge is 0.232 e. The van der Waals surface area contributed by atoms with Crippen LogP contribution in [-0.2, 0) is 6.54 Å². The number of likely N-dealkylation sites (tertiary alicyclic amines) is 1. The van der Waals surface area contributed by atoms with Gasteiger partial charge in [-0.1, -0.05) is 18.5 Å². The number of piperidine rings is 1.